The maximum absolute atomic E-state index is 12.6. The van der Waals surface area contributed by atoms with Crippen LogP contribution in [0.2, 0.25) is 0 Å². The molecule has 2 aromatic rings. The van der Waals surface area contributed by atoms with Crippen LogP contribution in [0.5, 0.6) is 11.5 Å². The zero-order chi connectivity index (χ0) is 16.3. The first kappa shape index (κ1) is 15.8. The van der Waals surface area contributed by atoms with E-state index in [2.05, 4.69) is 9.97 Å². The Kier molecular flexibility index (Phi) is 4.67. The fourth-order valence-electron chi connectivity index (χ4n) is 2.17. The summed E-state index contributed by atoms with van der Waals surface area (Å²) in [6, 6.07) is 4.88. The molecule has 2 rings (SSSR count). The van der Waals surface area contributed by atoms with E-state index in [-0.39, 0.29) is 11.5 Å². The molecule has 0 aliphatic heterocycles. The summed E-state index contributed by atoms with van der Waals surface area (Å²) < 4.78 is 10.3. The van der Waals surface area contributed by atoms with Crippen LogP contribution in [0.4, 0.5) is 0 Å². The number of rotatable bonds is 6. The van der Waals surface area contributed by atoms with Gasteiger partial charge < -0.3 is 24.3 Å². The van der Waals surface area contributed by atoms with Crippen molar-refractivity contribution in [2.75, 3.05) is 28.3 Å². The molecule has 2 N–H and O–H groups in total. The molecule has 7 nitrogen and oxygen atoms in total. The van der Waals surface area contributed by atoms with Gasteiger partial charge in [0.15, 0.2) is 11.5 Å². The average molecular weight is 305 g/mol. The lowest BCUT2D eigenvalue weighted by atomic mass is 10.1. The Bertz CT molecular complexity index is 731. The molecule has 0 saturated carbocycles. The van der Waals surface area contributed by atoms with Crippen molar-refractivity contribution in [1.29, 1.82) is 0 Å². The van der Waals surface area contributed by atoms with Gasteiger partial charge in [0.2, 0.25) is 5.78 Å². The summed E-state index contributed by atoms with van der Waals surface area (Å²) in [5.74, 6) is 0.715. The Hall–Kier alpha value is -2.54. The van der Waals surface area contributed by atoms with Crippen LogP contribution in [0, 0.1) is 0 Å². The molecule has 0 spiro atoms. The summed E-state index contributed by atoms with van der Waals surface area (Å²) in [5.41, 5.74) is 0.814. The summed E-state index contributed by atoms with van der Waals surface area (Å²) in [6.07, 6.45) is 0. The molecule has 0 fully saturated rings. The van der Waals surface area contributed by atoms with E-state index in [1.807, 2.05) is 19.0 Å². The lowest BCUT2D eigenvalue weighted by Crippen LogP contribution is -2.15. The molecule has 0 aliphatic carbocycles. The number of ether oxygens (including phenoxy) is 2. The third-order valence-electron chi connectivity index (χ3n) is 3.15. The molecule has 118 valence electrons. The second-order valence-electron chi connectivity index (χ2n) is 5.07. The van der Waals surface area contributed by atoms with Crippen LogP contribution in [0.25, 0.3) is 0 Å². The highest BCUT2D eigenvalue weighted by atomic mass is 16.5. The Morgan fingerprint density at radius 1 is 1.14 bits per heavy atom. The van der Waals surface area contributed by atoms with Gasteiger partial charge in [0.05, 0.1) is 19.9 Å². The molecular weight excluding hydrogens is 286 g/mol. The number of aromatic nitrogens is 2. The highest BCUT2D eigenvalue weighted by Crippen LogP contribution is 2.28. The molecule has 0 atom stereocenters. The van der Waals surface area contributed by atoms with Crippen LogP contribution in [0.3, 0.4) is 0 Å². The Balaban J connectivity index is 2.42. The van der Waals surface area contributed by atoms with E-state index in [0.29, 0.717) is 29.3 Å². The van der Waals surface area contributed by atoms with Crippen molar-refractivity contribution in [3.8, 4) is 11.5 Å². The predicted octanol–water partition coefficient (Wildman–Crippen LogP) is 1.01. The average Bonchev–Trinajstić information content (AvgIpc) is 2.85. The van der Waals surface area contributed by atoms with Gasteiger partial charge in [-0.15, -0.1) is 0 Å². The second kappa shape index (κ2) is 6.48. The van der Waals surface area contributed by atoms with Gasteiger partial charge in [-0.05, 0) is 32.3 Å². The quantitative estimate of drug-likeness (QED) is 0.778. The summed E-state index contributed by atoms with van der Waals surface area (Å²) in [6.45, 7) is 0.451. The molecule has 0 unspecified atom stereocenters. The van der Waals surface area contributed by atoms with Crippen molar-refractivity contribution < 1.29 is 14.3 Å². The summed E-state index contributed by atoms with van der Waals surface area (Å²) >= 11 is 0. The van der Waals surface area contributed by atoms with E-state index in [4.69, 9.17) is 9.47 Å². The van der Waals surface area contributed by atoms with Crippen LogP contribution in [-0.4, -0.2) is 49.0 Å². The maximum atomic E-state index is 12.6. The van der Waals surface area contributed by atoms with Gasteiger partial charge in [-0.25, -0.2) is 4.79 Å². The summed E-state index contributed by atoms with van der Waals surface area (Å²) in [7, 11) is 6.74. The first-order valence-electron chi connectivity index (χ1n) is 6.69. The van der Waals surface area contributed by atoms with E-state index < -0.39 is 5.69 Å². The van der Waals surface area contributed by atoms with Gasteiger partial charge >= 0.3 is 5.69 Å². The summed E-state index contributed by atoms with van der Waals surface area (Å²) in [5, 5.41) is 0. The van der Waals surface area contributed by atoms with E-state index in [1.54, 1.807) is 18.2 Å². The minimum atomic E-state index is -0.402. The van der Waals surface area contributed by atoms with Crippen molar-refractivity contribution in [1.82, 2.24) is 14.9 Å². The fourth-order valence-corrected chi connectivity index (χ4v) is 2.17. The molecule has 0 saturated heterocycles. The molecule has 1 heterocycles. The highest BCUT2D eigenvalue weighted by Gasteiger charge is 2.19. The number of carbonyl (C=O) groups excluding carboxylic acids is 1. The number of nitrogens with one attached hydrogen (secondary N) is 2. The number of ketones is 1. The standard InChI is InChI=1S/C15H19N3O4/c1-18(2)8-10-13(17-15(20)16-10)14(19)9-5-6-11(21-3)12(7-9)22-4/h5-7H,8H2,1-4H3,(H2,16,17,20). The topological polar surface area (TPSA) is 87.4 Å². The van der Waals surface area contributed by atoms with Gasteiger partial charge in [0.1, 0.15) is 5.69 Å². The van der Waals surface area contributed by atoms with Gasteiger partial charge in [-0.3, -0.25) is 4.79 Å². The number of hydrogen-bond donors (Lipinski definition) is 2. The second-order valence-corrected chi connectivity index (χ2v) is 5.07. The maximum Gasteiger partial charge on any atom is 0.323 e. The van der Waals surface area contributed by atoms with Crippen molar-refractivity contribution >= 4 is 5.78 Å². The van der Waals surface area contributed by atoms with Gasteiger partial charge in [-0.1, -0.05) is 0 Å². The number of methoxy groups -OCH3 is 2. The Morgan fingerprint density at radius 2 is 1.82 bits per heavy atom. The SMILES string of the molecule is COc1ccc(C(=O)c2[nH]c(=O)[nH]c2CN(C)C)cc1OC. The minimum absolute atomic E-state index is 0.255. The molecule has 7 heteroatoms. The molecule has 22 heavy (non-hydrogen) atoms. The van der Waals surface area contributed by atoms with Crippen molar-refractivity contribution in [3.63, 3.8) is 0 Å². The number of hydrogen-bond acceptors (Lipinski definition) is 5. The first-order chi connectivity index (χ1) is 10.5. The molecule has 1 aromatic carbocycles. The smallest absolute Gasteiger partial charge is 0.323 e. The largest absolute Gasteiger partial charge is 0.493 e. The monoisotopic (exact) mass is 305 g/mol. The van der Waals surface area contributed by atoms with Crippen LogP contribution >= 0.6 is 0 Å². The minimum Gasteiger partial charge on any atom is -0.493 e. The zero-order valence-corrected chi connectivity index (χ0v) is 13.0. The molecular formula is C15H19N3O4. The van der Waals surface area contributed by atoms with E-state index in [0.717, 1.165) is 0 Å². The van der Waals surface area contributed by atoms with Crippen LogP contribution in [-0.2, 0) is 6.54 Å². The molecule has 0 radical (unpaired) electrons. The van der Waals surface area contributed by atoms with Crippen molar-refractivity contribution in [2.24, 2.45) is 0 Å². The van der Waals surface area contributed by atoms with E-state index in [9.17, 15) is 9.59 Å². The Morgan fingerprint density at radius 3 is 2.41 bits per heavy atom. The third-order valence-corrected chi connectivity index (χ3v) is 3.15. The van der Waals surface area contributed by atoms with Crippen LogP contribution in [0.15, 0.2) is 23.0 Å². The number of carbonyl (C=O) groups is 1. The zero-order valence-electron chi connectivity index (χ0n) is 13.0. The Labute approximate surface area is 127 Å². The van der Waals surface area contributed by atoms with Gasteiger partial charge in [-0.2, -0.15) is 0 Å². The number of nitrogens with zero attached hydrogens (tertiary/aromatic N) is 1. The number of aromatic amines is 2. The van der Waals surface area contributed by atoms with Crippen molar-refractivity contribution in [2.45, 2.75) is 6.54 Å². The number of benzene rings is 1. The number of H-pyrrole nitrogens is 2. The van der Waals surface area contributed by atoms with Gasteiger partial charge in [0.25, 0.3) is 0 Å². The van der Waals surface area contributed by atoms with E-state index in [1.165, 1.54) is 14.2 Å². The van der Waals surface area contributed by atoms with Crippen LogP contribution < -0.4 is 15.2 Å². The molecule has 0 bridgehead atoms. The fraction of sp³-hybridized carbons (Fsp3) is 0.333. The molecule has 1 aromatic heterocycles. The molecule has 0 amide bonds. The van der Waals surface area contributed by atoms with Crippen LogP contribution in [0.1, 0.15) is 21.7 Å². The lowest BCUT2D eigenvalue weighted by molar-refractivity contribution is 0.103. The van der Waals surface area contributed by atoms with Gasteiger partial charge in [0, 0.05) is 12.1 Å². The highest BCUT2D eigenvalue weighted by molar-refractivity contribution is 6.08. The lowest BCUT2D eigenvalue weighted by Gasteiger charge is -2.11. The van der Waals surface area contributed by atoms with Crippen molar-refractivity contribution in [3.05, 3.63) is 45.6 Å². The van der Waals surface area contributed by atoms with E-state index >= 15 is 0 Å². The first-order valence-corrected chi connectivity index (χ1v) is 6.69. The summed E-state index contributed by atoms with van der Waals surface area (Å²) in [4.78, 5) is 31.2. The number of imidazole rings is 1. The third kappa shape index (κ3) is 3.20. The normalized spacial score (nSPS) is 10.8. The predicted molar refractivity (Wildman–Crippen MR) is 81.8 cm³/mol. The molecule has 0 aliphatic rings.